The molecule has 4 N–H and O–H groups in total. The number of hydrogen-bond donors (Lipinski definition) is 3. The van der Waals surface area contributed by atoms with Crippen LogP contribution in [0.3, 0.4) is 0 Å². The minimum absolute atomic E-state index is 0.0976. The maximum atomic E-state index is 12.5. The van der Waals surface area contributed by atoms with Crippen LogP contribution in [0.5, 0.6) is 0 Å². The summed E-state index contributed by atoms with van der Waals surface area (Å²) in [7, 11) is 0. The van der Waals surface area contributed by atoms with Crippen molar-refractivity contribution in [2.45, 2.75) is 26.3 Å². The van der Waals surface area contributed by atoms with Gasteiger partial charge in [0.05, 0.1) is 6.07 Å². The lowest BCUT2D eigenvalue weighted by molar-refractivity contribution is -0.123. The number of anilines is 1. The van der Waals surface area contributed by atoms with E-state index >= 15 is 0 Å². The molecule has 0 saturated heterocycles. The Morgan fingerprint density at radius 1 is 1.38 bits per heavy atom. The van der Waals surface area contributed by atoms with Crippen LogP contribution in [0, 0.1) is 17.2 Å². The highest BCUT2D eigenvalue weighted by Crippen LogP contribution is 2.25. The Balaban J connectivity index is 2.11. The largest absolute Gasteiger partial charge is 0.399 e. The van der Waals surface area contributed by atoms with Gasteiger partial charge in [0.2, 0.25) is 5.91 Å². The third-order valence-electron chi connectivity index (χ3n) is 3.54. The van der Waals surface area contributed by atoms with Gasteiger partial charge in [-0.1, -0.05) is 26.0 Å². The third-order valence-corrected chi connectivity index (χ3v) is 4.43. The second-order valence-electron chi connectivity index (χ2n) is 6.19. The molecule has 0 aliphatic carbocycles. The zero-order valence-corrected chi connectivity index (χ0v) is 15.5. The van der Waals surface area contributed by atoms with E-state index in [2.05, 4.69) is 15.6 Å². The molecule has 0 spiro atoms. The van der Waals surface area contributed by atoms with Crippen molar-refractivity contribution in [1.82, 2.24) is 15.6 Å². The molecule has 2 rings (SSSR count). The molecule has 7 nitrogen and oxygen atoms in total. The normalized spacial score (nSPS) is 11.6. The van der Waals surface area contributed by atoms with Gasteiger partial charge in [0.25, 0.3) is 5.91 Å². The minimum Gasteiger partial charge on any atom is -0.399 e. The lowest BCUT2D eigenvalue weighted by Crippen LogP contribution is -2.47. The molecule has 8 heteroatoms. The quantitative estimate of drug-likeness (QED) is 0.509. The van der Waals surface area contributed by atoms with Crippen molar-refractivity contribution in [2.75, 3.05) is 12.3 Å². The number of benzene rings is 1. The number of nitriles is 1. The summed E-state index contributed by atoms with van der Waals surface area (Å²) in [6, 6.07) is 8.40. The van der Waals surface area contributed by atoms with Crippen LogP contribution in [-0.2, 0) is 4.79 Å². The summed E-state index contributed by atoms with van der Waals surface area (Å²) in [5, 5.41) is 16.1. The van der Waals surface area contributed by atoms with Crippen LogP contribution in [-0.4, -0.2) is 29.4 Å². The topological polar surface area (TPSA) is 121 Å². The molecule has 0 unspecified atom stereocenters. The Bertz CT molecular complexity index is 825. The smallest absolute Gasteiger partial charge is 0.271 e. The van der Waals surface area contributed by atoms with Crippen LogP contribution in [0.15, 0.2) is 29.6 Å². The van der Waals surface area contributed by atoms with Crippen molar-refractivity contribution in [2.24, 2.45) is 5.92 Å². The fourth-order valence-corrected chi connectivity index (χ4v) is 3.16. The average molecular weight is 371 g/mol. The molecule has 0 radical (unpaired) electrons. The van der Waals surface area contributed by atoms with E-state index in [1.807, 2.05) is 32.0 Å². The fourth-order valence-electron chi connectivity index (χ4n) is 2.37. The second kappa shape index (κ2) is 8.97. The Labute approximate surface area is 156 Å². The maximum absolute atomic E-state index is 12.5. The van der Waals surface area contributed by atoms with E-state index < -0.39 is 11.9 Å². The van der Waals surface area contributed by atoms with E-state index in [9.17, 15) is 9.59 Å². The predicted molar refractivity (Wildman–Crippen MR) is 101 cm³/mol. The molecule has 1 heterocycles. The molecular formula is C18H21N5O2S. The number of amides is 2. The first-order valence-corrected chi connectivity index (χ1v) is 9.05. The van der Waals surface area contributed by atoms with Gasteiger partial charge in [0.1, 0.15) is 23.3 Å². The van der Waals surface area contributed by atoms with Gasteiger partial charge < -0.3 is 16.4 Å². The monoisotopic (exact) mass is 371 g/mol. The molecule has 136 valence electrons. The van der Waals surface area contributed by atoms with Gasteiger partial charge in [-0.3, -0.25) is 9.59 Å². The highest BCUT2D eigenvalue weighted by Gasteiger charge is 2.23. The Hall–Kier alpha value is -2.92. The number of nitrogen functional groups attached to an aromatic ring is 1. The molecule has 2 amide bonds. The summed E-state index contributed by atoms with van der Waals surface area (Å²) in [5.41, 5.74) is 7.48. The number of nitrogens with zero attached hydrogens (tertiary/aromatic N) is 2. The standard InChI is InChI=1S/C18H21N5O2S/c1-11(2)8-14(16(24)21-7-6-19)22-17(25)15-10-26-18(23-15)12-4-3-5-13(20)9-12/h3-5,9-11,14H,7-8,20H2,1-2H3,(H,21,24)(H,22,25)/t14-/m0/s1. The zero-order chi connectivity index (χ0) is 19.1. The van der Waals surface area contributed by atoms with Crippen LogP contribution in [0.25, 0.3) is 10.6 Å². The molecule has 0 bridgehead atoms. The summed E-state index contributed by atoms with van der Waals surface area (Å²) in [5.74, 6) is -0.597. The van der Waals surface area contributed by atoms with Crippen molar-refractivity contribution in [3.63, 3.8) is 0 Å². The number of thiazole rings is 1. The average Bonchev–Trinajstić information content (AvgIpc) is 3.09. The van der Waals surface area contributed by atoms with Crippen LogP contribution >= 0.6 is 11.3 Å². The van der Waals surface area contributed by atoms with E-state index in [1.54, 1.807) is 17.5 Å². The minimum atomic E-state index is -0.714. The predicted octanol–water partition coefficient (Wildman–Crippen LogP) is 2.18. The van der Waals surface area contributed by atoms with Gasteiger partial charge >= 0.3 is 0 Å². The molecule has 0 fully saturated rings. The highest BCUT2D eigenvalue weighted by atomic mass is 32.1. The van der Waals surface area contributed by atoms with Gasteiger partial charge in [-0.15, -0.1) is 11.3 Å². The van der Waals surface area contributed by atoms with E-state index in [1.165, 1.54) is 11.3 Å². The van der Waals surface area contributed by atoms with E-state index in [-0.39, 0.29) is 24.1 Å². The molecule has 26 heavy (non-hydrogen) atoms. The van der Waals surface area contributed by atoms with Crippen LogP contribution < -0.4 is 16.4 Å². The lowest BCUT2D eigenvalue weighted by Gasteiger charge is -2.19. The van der Waals surface area contributed by atoms with Crippen LogP contribution in [0.1, 0.15) is 30.8 Å². The molecule has 1 atom stereocenters. The van der Waals surface area contributed by atoms with Gasteiger partial charge in [-0.2, -0.15) is 5.26 Å². The highest BCUT2D eigenvalue weighted by molar-refractivity contribution is 7.13. The van der Waals surface area contributed by atoms with Gasteiger partial charge in [0.15, 0.2) is 0 Å². The molecule has 2 aromatic rings. The number of hydrogen-bond acceptors (Lipinski definition) is 6. The van der Waals surface area contributed by atoms with Crippen molar-refractivity contribution in [1.29, 1.82) is 5.26 Å². The van der Waals surface area contributed by atoms with Crippen molar-refractivity contribution in [3.8, 4) is 16.6 Å². The molecule has 0 aliphatic rings. The Kier molecular flexibility index (Phi) is 6.69. The summed E-state index contributed by atoms with van der Waals surface area (Å²) in [6.45, 7) is 3.81. The van der Waals surface area contributed by atoms with E-state index in [4.69, 9.17) is 11.0 Å². The molecule has 0 saturated carbocycles. The number of carbonyl (C=O) groups is 2. The Morgan fingerprint density at radius 3 is 2.81 bits per heavy atom. The lowest BCUT2D eigenvalue weighted by atomic mass is 10.0. The third kappa shape index (κ3) is 5.29. The molecular weight excluding hydrogens is 350 g/mol. The summed E-state index contributed by atoms with van der Waals surface area (Å²) < 4.78 is 0. The first kappa shape index (κ1) is 19.4. The first-order valence-electron chi connectivity index (χ1n) is 8.17. The number of aromatic nitrogens is 1. The Morgan fingerprint density at radius 2 is 2.15 bits per heavy atom. The maximum Gasteiger partial charge on any atom is 0.271 e. The van der Waals surface area contributed by atoms with Gasteiger partial charge in [-0.05, 0) is 24.5 Å². The fraction of sp³-hybridized carbons (Fsp3) is 0.333. The van der Waals surface area contributed by atoms with Gasteiger partial charge in [0, 0.05) is 16.6 Å². The second-order valence-corrected chi connectivity index (χ2v) is 7.05. The molecule has 1 aromatic heterocycles. The zero-order valence-electron chi connectivity index (χ0n) is 14.7. The SMILES string of the molecule is CC(C)C[C@H](NC(=O)c1csc(-c2cccc(N)c2)n1)C(=O)NCC#N. The van der Waals surface area contributed by atoms with Crippen LogP contribution in [0.4, 0.5) is 5.69 Å². The van der Waals surface area contributed by atoms with Crippen LogP contribution in [0.2, 0.25) is 0 Å². The van der Waals surface area contributed by atoms with E-state index in [0.29, 0.717) is 17.1 Å². The van der Waals surface area contributed by atoms with Crippen molar-refractivity contribution in [3.05, 3.63) is 35.3 Å². The first-order chi connectivity index (χ1) is 12.4. The summed E-state index contributed by atoms with van der Waals surface area (Å²) >= 11 is 1.33. The van der Waals surface area contributed by atoms with E-state index in [0.717, 1.165) is 5.56 Å². The molecule has 0 aliphatic heterocycles. The summed E-state index contributed by atoms with van der Waals surface area (Å²) in [6.07, 6.45) is 0.467. The van der Waals surface area contributed by atoms with Crippen molar-refractivity contribution < 1.29 is 9.59 Å². The number of nitrogens with one attached hydrogen (secondary N) is 2. The number of nitrogens with two attached hydrogens (primary N) is 1. The van der Waals surface area contributed by atoms with Gasteiger partial charge in [-0.25, -0.2) is 4.98 Å². The molecule has 1 aromatic carbocycles. The van der Waals surface area contributed by atoms with Crippen molar-refractivity contribution >= 4 is 28.8 Å². The number of carbonyl (C=O) groups excluding carboxylic acids is 2. The number of rotatable bonds is 7. The summed E-state index contributed by atoms with van der Waals surface area (Å²) in [4.78, 5) is 29.0.